The highest BCUT2D eigenvalue weighted by molar-refractivity contribution is 5.92. The summed E-state index contributed by atoms with van der Waals surface area (Å²) in [6.07, 6.45) is 4.56. The van der Waals surface area contributed by atoms with E-state index < -0.39 is 0 Å². The number of rotatable bonds is 4. The zero-order valence-corrected chi connectivity index (χ0v) is 19.0. The van der Waals surface area contributed by atoms with E-state index in [0.29, 0.717) is 24.0 Å². The van der Waals surface area contributed by atoms with Gasteiger partial charge in [0, 0.05) is 42.2 Å². The van der Waals surface area contributed by atoms with E-state index in [1.807, 2.05) is 42.6 Å². The second kappa shape index (κ2) is 7.55. The topological polar surface area (TPSA) is 96.6 Å². The van der Waals surface area contributed by atoms with Crippen LogP contribution in [0.3, 0.4) is 0 Å². The highest BCUT2D eigenvalue weighted by Gasteiger charge is 2.66. The van der Waals surface area contributed by atoms with Crippen LogP contribution in [-0.2, 0) is 5.41 Å². The molecule has 0 amide bonds. The minimum atomic E-state index is -0.290. The molecule has 35 heavy (non-hydrogen) atoms. The third-order valence-electron chi connectivity index (χ3n) is 8.01. The van der Waals surface area contributed by atoms with Crippen LogP contribution in [0, 0.1) is 17.7 Å². The summed E-state index contributed by atoms with van der Waals surface area (Å²) in [4.78, 5) is 16.2. The number of piperidine rings is 1. The maximum absolute atomic E-state index is 14.7. The van der Waals surface area contributed by atoms with Gasteiger partial charge in [-0.05, 0) is 48.1 Å². The SMILES string of the molecule is NC[C@]1(c2ccccc2F)[C@@H]2CCN(c3cnc4c(-c5ccc6ncccc6c5)[nH]nc4n3)C[C@@H]21. The molecule has 1 aliphatic heterocycles. The third-order valence-corrected chi connectivity index (χ3v) is 8.01. The molecule has 1 aliphatic carbocycles. The maximum atomic E-state index is 14.7. The van der Waals surface area contributed by atoms with E-state index in [4.69, 9.17) is 15.7 Å². The summed E-state index contributed by atoms with van der Waals surface area (Å²) in [7, 11) is 0. The summed E-state index contributed by atoms with van der Waals surface area (Å²) < 4.78 is 14.7. The van der Waals surface area contributed by atoms with Gasteiger partial charge in [-0.15, -0.1) is 0 Å². The summed E-state index contributed by atoms with van der Waals surface area (Å²) in [5.41, 5.74) is 10.8. The molecule has 0 spiro atoms. The molecule has 1 saturated carbocycles. The fourth-order valence-corrected chi connectivity index (χ4v) is 6.21. The lowest BCUT2D eigenvalue weighted by Gasteiger charge is -2.26. The summed E-state index contributed by atoms with van der Waals surface area (Å²) >= 11 is 0. The Hall–Kier alpha value is -3.91. The average Bonchev–Trinajstić information content (AvgIpc) is 3.36. The Kier molecular flexibility index (Phi) is 4.41. The first-order chi connectivity index (χ1) is 17.2. The van der Waals surface area contributed by atoms with Crippen molar-refractivity contribution in [2.45, 2.75) is 11.8 Å². The fraction of sp³-hybridized carbons (Fsp3) is 0.259. The molecule has 1 saturated heterocycles. The molecule has 0 radical (unpaired) electrons. The maximum Gasteiger partial charge on any atom is 0.202 e. The highest BCUT2D eigenvalue weighted by Crippen LogP contribution is 2.63. The van der Waals surface area contributed by atoms with Gasteiger partial charge in [-0.3, -0.25) is 10.1 Å². The van der Waals surface area contributed by atoms with Gasteiger partial charge in [-0.2, -0.15) is 5.10 Å². The Morgan fingerprint density at radius 2 is 2.00 bits per heavy atom. The molecule has 3 aromatic heterocycles. The molecule has 7 rings (SSSR count). The van der Waals surface area contributed by atoms with Crippen LogP contribution in [0.2, 0.25) is 0 Å². The van der Waals surface area contributed by atoms with Gasteiger partial charge < -0.3 is 10.6 Å². The van der Waals surface area contributed by atoms with E-state index in [1.54, 1.807) is 12.3 Å². The number of H-pyrrole nitrogens is 1. The number of hydrogen-bond donors (Lipinski definition) is 2. The number of nitrogens with one attached hydrogen (secondary N) is 1. The number of pyridine rings is 1. The van der Waals surface area contributed by atoms with Crippen LogP contribution in [0.1, 0.15) is 12.0 Å². The number of halogens is 1. The van der Waals surface area contributed by atoms with Crippen LogP contribution < -0.4 is 10.6 Å². The molecule has 5 aromatic rings. The van der Waals surface area contributed by atoms with Crippen LogP contribution in [0.4, 0.5) is 10.2 Å². The lowest BCUT2D eigenvalue weighted by molar-refractivity contribution is 0.533. The van der Waals surface area contributed by atoms with Crippen molar-refractivity contribution in [2.24, 2.45) is 17.6 Å². The van der Waals surface area contributed by atoms with Gasteiger partial charge in [0.15, 0.2) is 0 Å². The molecule has 2 aromatic carbocycles. The lowest BCUT2D eigenvalue weighted by atomic mass is 9.91. The number of fused-ring (bicyclic) bond motifs is 3. The molecule has 3 N–H and O–H groups in total. The van der Waals surface area contributed by atoms with Crippen molar-refractivity contribution in [1.82, 2.24) is 25.1 Å². The fourth-order valence-electron chi connectivity index (χ4n) is 6.21. The predicted octanol–water partition coefficient (Wildman–Crippen LogP) is 4.06. The Bertz CT molecular complexity index is 1580. The lowest BCUT2D eigenvalue weighted by Crippen LogP contribution is -2.32. The Balaban J connectivity index is 1.18. The number of aromatic nitrogens is 5. The molecule has 7 nitrogen and oxygen atoms in total. The van der Waals surface area contributed by atoms with Crippen molar-refractivity contribution < 1.29 is 4.39 Å². The monoisotopic (exact) mass is 465 g/mol. The van der Waals surface area contributed by atoms with E-state index >= 15 is 0 Å². The first-order valence-corrected chi connectivity index (χ1v) is 12.0. The Labute approximate surface area is 201 Å². The second-order valence-corrected chi connectivity index (χ2v) is 9.58. The Morgan fingerprint density at radius 3 is 2.89 bits per heavy atom. The number of aromatic amines is 1. The van der Waals surface area contributed by atoms with Gasteiger partial charge in [0.1, 0.15) is 17.2 Å². The molecule has 2 aliphatic rings. The van der Waals surface area contributed by atoms with Crippen LogP contribution in [0.25, 0.3) is 33.3 Å². The predicted molar refractivity (Wildman–Crippen MR) is 133 cm³/mol. The molecule has 0 unspecified atom stereocenters. The van der Waals surface area contributed by atoms with Crippen molar-refractivity contribution in [3.8, 4) is 11.3 Å². The van der Waals surface area contributed by atoms with Crippen molar-refractivity contribution in [1.29, 1.82) is 0 Å². The van der Waals surface area contributed by atoms with E-state index in [2.05, 4.69) is 26.1 Å². The van der Waals surface area contributed by atoms with Crippen molar-refractivity contribution in [2.75, 3.05) is 24.5 Å². The average molecular weight is 466 g/mol. The zero-order valence-electron chi connectivity index (χ0n) is 19.0. The van der Waals surface area contributed by atoms with E-state index in [0.717, 1.165) is 58.6 Å². The van der Waals surface area contributed by atoms with Crippen LogP contribution in [0.5, 0.6) is 0 Å². The number of benzene rings is 2. The first-order valence-electron chi connectivity index (χ1n) is 12.0. The van der Waals surface area contributed by atoms with Gasteiger partial charge in [-0.25, -0.2) is 14.4 Å². The van der Waals surface area contributed by atoms with Gasteiger partial charge in [0.25, 0.3) is 0 Å². The first kappa shape index (κ1) is 20.5. The minimum absolute atomic E-state index is 0.159. The molecule has 2 fully saturated rings. The van der Waals surface area contributed by atoms with Gasteiger partial charge in [-0.1, -0.05) is 30.3 Å². The highest BCUT2D eigenvalue weighted by atomic mass is 19.1. The van der Waals surface area contributed by atoms with Gasteiger partial charge >= 0.3 is 0 Å². The summed E-state index contributed by atoms with van der Waals surface area (Å²) in [6.45, 7) is 2.07. The van der Waals surface area contributed by atoms with E-state index in [9.17, 15) is 4.39 Å². The van der Waals surface area contributed by atoms with E-state index in [-0.39, 0.29) is 11.2 Å². The smallest absolute Gasteiger partial charge is 0.202 e. The van der Waals surface area contributed by atoms with Crippen molar-refractivity contribution in [3.63, 3.8) is 0 Å². The standard InChI is InChI=1S/C27H24FN7/c28-21-6-2-1-5-19(21)27(15-29)18-9-11-35(14-20(18)27)23-13-31-25-24(33-34-26(25)32-23)17-7-8-22-16(12-17)4-3-10-30-22/h1-8,10,12-13,18,20H,9,11,14-15,29H2,(H,32,33,34)/t18-,20+,27-/m1/s1. The molecule has 174 valence electrons. The zero-order chi connectivity index (χ0) is 23.6. The second-order valence-electron chi connectivity index (χ2n) is 9.58. The van der Waals surface area contributed by atoms with Crippen molar-refractivity contribution in [3.05, 3.63) is 78.4 Å². The molecule has 0 bridgehead atoms. The molecular formula is C27H24FN7. The molecular weight excluding hydrogens is 441 g/mol. The van der Waals surface area contributed by atoms with Crippen LogP contribution >= 0.6 is 0 Å². The molecule has 8 heteroatoms. The number of nitrogens with two attached hydrogens (primary N) is 1. The minimum Gasteiger partial charge on any atom is -0.355 e. The third kappa shape index (κ3) is 2.99. The largest absolute Gasteiger partial charge is 0.355 e. The van der Waals surface area contributed by atoms with Crippen LogP contribution in [-0.4, -0.2) is 44.8 Å². The molecule has 4 heterocycles. The van der Waals surface area contributed by atoms with Crippen LogP contribution in [0.15, 0.2) is 67.0 Å². The van der Waals surface area contributed by atoms with Gasteiger partial charge in [0.05, 0.1) is 17.4 Å². The number of anilines is 1. The van der Waals surface area contributed by atoms with Gasteiger partial charge in [0.2, 0.25) is 5.65 Å². The molecule has 3 atom stereocenters. The number of hydrogen-bond acceptors (Lipinski definition) is 6. The summed E-state index contributed by atoms with van der Waals surface area (Å²) in [5, 5.41) is 8.63. The van der Waals surface area contributed by atoms with Crippen molar-refractivity contribution >= 4 is 27.9 Å². The number of nitrogens with zero attached hydrogens (tertiary/aromatic N) is 5. The van der Waals surface area contributed by atoms with E-state index in [1.165, 1.54) is 6.07 Å². The summed E-state index contributed by atoms with van der Waals surface area (Å²) in [5.74, 6) is 1.34. The summed E-state index contributed by atoms with van der Waals surface area (Å²) in [6, 6.07) is 17.1. The quantitative estimate of drug-likeness (QED) is 0.416. The normalized spacial score (nSPS) is 23.5. The Morgan fingerprint density at radius 1 is 1.09 bits per heavy atom.